The number of carbonyl (C=O) groups excluding carboxylic acids is 2. The molecule has 6 nitrogen and oxygen atoms in total. The second-order valence-corrected chi connectivity index (χ2v) is 4.57. The third kappa shape index (κ3) is 3.72. The summed E-state index contributed by atoms with van der Waals surface area (Å²) >= 11 is 0. The van der Waals surface area contributed by atoms with E-state index < -0.39 is 23.2 Å². The van der Waals surface area contributed by atoms with E-state index in [1.54, 1.807) is 0 Å². The molecule has 0 heterocycles. The minimum absolute atomic E-state index is 0.0738. The summed E-state index contributed by atoms with van der Waals surface area (Å²) in [5, 5.41) is 11.6. The Morgan fingerprint density at radius 1 is 1.18 bits per heavy atom. The zero-order valence-electron chi connectivity index (χ0n) is 9.70. The molecule has 0 bridgehead atoms. The van der Waals surface area contributed by atoms with Crippen molar-refractivity contribution >= 4 is 17.8 Å². The van der Waals surface area contributed by atoms with Gasteiger partial charge < -0.3 is 16.2 Å². The van der Waals surface area contributed by atoms with E-state index in [1.807, 2.05) is 0 Å². The Morgan fingerprint density at radius 2 is 1.76 bits per heavy atom. The summed E-state index contributed by atoms with van der Waals surface area (Å²) < 4.78 is 0. The van der Waals surface area contributed by atoms with Crippen molar-refractivity contribution in [3.05, 3.63) is 0 Å². The molecule has 4 N–H and O–H groups in total. The largest absolute Gasteiger partial charge is 0.481 e. The second-order valence-electron chi connectivity index (χ2n) is 4.57. The van der Waals surface area contributed by atoms with Crippen LogP contribution in [0.4, 0.5) is 0 Å². The van der Waals surface area contributed by atoms with Crippen molar-refractivity contribution in [3.8, 4) is 0 Å². The van der Waals surface area contributed by atoms with Gasteiger partial charge in [0.1, 0.15) is 0 Å². The first kappa shape index (κ1) is 13.5. The first-order valence-electron chi connectivity index (χ1n) is 5.75. The van der Waals surface area contributed by atoms with E-state index in [-0.39, 0.29) is 13.0 Å². The topological polar surface area (TPSA) is 109 Å². The molecule has 0 spiro atoms. The van der Waals surface area contributed by atoms with Crippen LogP contribution in [0, 0.1) is 5.41 Å². The molecule has 0 aromatic rings. The Bertz CT molecular complexity index is 321. The van der Waals surface area contributed by atoms with Crippen LogP contribution in [0.3, 0.4) is 0 Å². The van der Waals surface area contributed by atoms with E-state index >= 15 is 0 Å². The van der Waals surface area contributed by atoms with E-state index in [1.165, 1.54) is 0 Å². The van der Waals surface area contributed by atoms with E-state index in [4.69, 9.17) is 5.73 Å². The minimum Gasteiger partial charge on any atom is -0.481 e. The number of carbonyl (C=O) groups is 3. The van der Waals surface area contributed by atoms with Crippen LogP contribution in [0.15, 0.2) is 0 Å². The Balaban J connectivity index is 2.57. The second kappa shape index (κ2) is 5.65. The Morgan fingerprint density at radius 3 is 2.24 bits per heavy atom. The highest BCUT2D eigenvalue weighted by atomic mass is 16.4. The van der Waals surface area contributed by atoms with Crippen molar-refractivity contribution in [2.24, 2.45) is 11.1 Å². The standard InChI is InChI=1S/C11H18N2O4/c12-8(14)7-13-9(15)6-11(10(16)17)4-2-1-3-5-11/h1-7H2,(H2,12,14)(H,13,15)(H,16,17). The molecule has 96 valence electrons. The number of carboxylic acid groups (broad SMARTS) is 1. The van der Waals surface area contributed by atoms with Crippen LogP contribution in [0.25, 0.3) is 0 Å². The van der Waals surface area contributed by atoms with E-state index in [9.17, 15) is 19.5 Å². The first-order valence-corrected chi connectivity index (χ1v) is 5.75. The number of hydrogen-bond acceptors (Lipinski definition) is 3. The SMILES string of the molecule is NC(=O)CNC(=O)CC1(C(=O)O)CCCCC1. The highest BCUT2D eigenvalue weighted by molar-refractivity contribution is 5.87. The average molecular weight is 242 g/mol. The number of primary amides is 1. The summed E-state index contributed by atoms with van der Waals surface area (Å²) in [5.41, 5.74) is 3.94. The molecule has 2 amide bonds. The normalized spacial score (nSPS) is 18.4. The fraction of sp³-hybridized carbons (Fsp3) is 0.727. The van der Waals surface area contributed by atoms with Gasteiger partial charge in [0.15, 0.2) is 0 Å². The molecule has 0 radical (unpaired) electrons. The summed E-state index contributed by atoms with van der Waals surface area (Å²) in [7, 11) is 0. The lowest BCUT2D eigenvalue weighted by atomic mass is 9.71. The number of nitrogens with two attached hydrogens (primary N) is 1. The number of carboxylic acids is 1. The van der Waals surface area contributed by atoms with Gasteiger partial charge in [0.25, 0.3) is 0 Å². The van der Waals surface area contributed by atoms with Gasteiger partial charge >= 0.3 is 5.97 Å². The van der Waals surface area contributed by atoms with E-state index in [0.29, 0.717) is 12.8 Å². The molecule has 0 aromatic carbocycles. The fourth-order valence-electron chi connectivity index (χ4n) is 2.25. The molecule has 1 aliphatic carbocycles. The lowest BCUT2D eigenvalue weighted by Gasteiger charge is -2.32. The minimum atomic E-state index is -0.958. The number of rotatable bonds is 5. The van der Waals surface area contributed by atoms with Crippen molar-refractivity contribution in [2.75, 3.05) is 6.54 Å². The molecule has 1 rings (SSSR count). The highest BCUT2D eigenvalue weighted by Gasteiger charge is 2.41. The van der Waals surface area contributed by atoms with Gasteiger partial charge in [-0.25, -0.2) is 0 Å². The predicted molar refractivity (Wildman–Crippen MR) is 60.0 cm³/mol. The fourth-order valence-corrected chi connectivity index (χ4v) is 2.25. The lowest BCUT2D eigenvalue weighted by Crippen LogP contribution is -2.41. The predicted octanol–water partition coefficient (Wildman–Crippen LogP) is 0.0131. The van der Waals surface area contributed by atoms with E-state index in [2.05, 4.69) is 5.32 Å². The molecule has 1 aliphatic rings. The third-order valence-corrected chi connectivity index (χ3v) is 3.22. The maximum absolute atomic E-state index is 11.5. The molecule has 0 unspecified atom stereocenters. The summed E-state index contributed by atoms with van der Waals surface area (Å²) in [6.07, 6.45) is 3.64. The van der Waals surface area contributed by atoms with Crippen LogP contribution < -0.4 is 11.1 Å². The van der Waals surface area contributed by atoms with Crippen LogP contribution in [-0.2, 0) is 14.4 Å². The number of amides is 2. The monoisotopic (exact) mass is 242 g/mol. The van der Waals surface area contributed by atoms with Gasteiger partial charge in [-0.15, -0.1) is 0 Å². The van der Waals surface area contributed by atoms with Crippen LogP contribution in [0.1, 0.15) is 38.5 Å². The average Bonchev–Trinajstić information content (AvgIpc) is 2.27. The summed E-state index contributed by atoms with van der Waals surface area (Å²) in [6.45, 7) is -0.242. The van der Waals surface area contributed by atoms with Gasteiger partial charge in [0, 0.05) is 6.42 Å². The van der Waals surface area contributed by atoms with E-state index in [0.717, 1.165) is 19.3 Å². The lowest BCUT2D eigenvalue weighted by molar-refractivity contribution is -0.154. The summed E-state index contributed by atoms with van der Waals surface area (Å²) in [6, 6.07) is 0. The molecule has 0 saturated heterocycles. The van der Waals surface area contributed by atoms with Crippen LogP contribution in [-0.4, -0.2) is 29.4 Å². The Labute approximate surface area is 99.6 Å². The Hall–Kier alpha value is -1.59. The zero-order valence-corrected chi connectivity index (χ0v) is 9.70. The van der Waals surface area contributed by atoms with Crippen molar-refractivity contribution in [3.63, 3.8) is 0 Å². The molecular formula is C11H18N2O4. The maximum Gasteiger partial charge on any atom is 0.310 e. The molecule has 1 fully saturated rings. The number of aliphatic carboxylic acids is 1. The van der Waals surface area contributed by atoms with Gasteiger partial charge in [-0.1, -0.05) is 19.3 Å². The van der Waals surface area contributed by atoms with Gasteiger partial charge in [0.2, 0.25) is 11.8 Å². The van der Waals surface area contributed by atoms with Gasteiger partial charge in [-0.05, 0) is 12.8 Å². The maximum atomic E-state index is 11.5. The molecule has 6 heteroatoms. The molecule has 0 aromatic heterocycles. The number of hydrogen-bond donors (Lipinski definition) is 3. The van der Waals surface area contributed by atoms with Crippen LogP contribution >= 0.6 is 0 Å². The van der Waals surface area contributed by atoms with Crippen molar-refractivity contribution in [1.82, 2.24) is 5.32 Å². The van der Waals surface area contributed by atoms with Gasteiger partial charge in [-0.3, -0.25) is 14.4 Å². The number of nitrogens with one attached hydrogen (secondary N) is 1. The highest BCUT2D eigenvalue weighted by Crippen LogP contribution is 2.39. The molecule has 1 saturated carbocycles. The molecular weight excluding hydrogens is 224 g/mol. The van der Waals surface area contributed by atoms with Crippen molar-refractivity contribution in [2.45, 2.75) is 38.5 Å². The summed E-state index contributed by atoms with van der Waals surface area (Å²) in [4.78, 5) is 33.3. The quantitative estimate of drug-likeness (QED) is 0.631. The van der Waals surface area contributed by atoms with Crippen molar-refractivity contribution < 1.29 is 19.5 Å². The third-order valence-electron chi connectivity index (χ3n) is 3.22. The smallest absolute Gasteiger partial charge is 0.310 e. The summed E-state index contributed by atoms with van der Waals surface area (Å²) in [5.74, 6) is -1.98. The van der Waals surface area contributed by atoms with Crippen LogP contribution in [0.5, 0.6) is 0 Å². The first-order chi connectivity index (χ1) is 7.96. The molecule has 0 atom stereocenters. The zero-order chi connectivity index (χ0) is 12.9. The van der Waals surface area contributed by atoms with Gasteiger partial charge in [0.05, 0.1) is 12.0 Å². The van der Waals surface area contributed by atoms with Crippen LogP contribution in [0.2, 0.25) is 0 Å². The van der Waals surface area contributed by atoms with Gasteiger partial charge in [-0.2, -0.15) is 0 Å². The molecule has 17 heavy (non-hydrogen) atoms. The van der Waals surface area contributed by atoms with Crippen molar-refractivity contribution in [1.29, 1.82) is 0 Å². The Kier molecular flexibility index (Phi) is 4.48. The molecule has 0 aliphatic heterocycles.